The first-order valence-corrected chi connectivity index (χ1v) is 10.8. The van der Waals surface area contributed by atoms with Crippen molar-refractivity contribution in [1.29, 1.82) is 0 Å². The summed E-state index contributed by atoms with van der Waals surface area (Å²) >= 11 is 0. The topological polar surface area (TPSA) is 61.4 Å². The third-order valence-corrected chi connectivity index (χ3v) is 5.29. The number of hydrogen-bond donors (Lipinski definition) is 2. The minimum Gasteiger partial charge on any atom is -0.356 e. The molecule has 6 heteroatoms. The van der Waals surface area contributed by atoms with Gasteiger partial charge in [0.25, 0.3) is 0 Å². The lowest BCUT2D eigenvalue weighted by Crippen LogP contribution is -2.34. The van der Waals surface area contributed by atoms with E-state index >= 15 is 0 Å². The smallest absolute Gasteiger partial charge is 0.246 e. The van der Waals surface area contributed by atoms with Gasteiger partial charge in [-0.1, -0.05) is 60.7 Å². The molecule has 31 heavy (non-hydrogen) atoms. The van der Waals surface area contributed by atoms with E-state index in [9.17, 15) is 9.59 Å². The Hall–Kier alpha value is -2.63. The van der Waals surface area contributed by atoms with Crippen LogP contribution in [0.5, 0.6) is 0 Å². The summed E-state index contributed by atoms with van der Waals surface area (Å²) in [5, 5.41) is 6.52. The Kier molecular flexibility index (Phi) is 10.8. The first-order valence-electron chi connectivity index (χ1n) is 10.8. The molecular weight excluding hydrogens is 410 g/mol. The normalized spacial score (nSPS) is 18.8. The highest BCUT2D eigenvalue weighted by Crippen LogP contribution is 2.17. The van der Waals surface area contributed by atoms with Gasteiger partial charge in [-0.25, -0.2) is 0 Å². The molecule has 0 aliphatic carbocycles. The molecule has 2 aromatic carbocycles. The summed E-state index contributed by atoms with van der Waals surface area (Å²) in [7, 11) is 0. The lowest BCUT2D eigenvalue weighted by atomic mass is 10.0. The molecular formula is C25H32ClN3O2. The van der Waals surface area contributed by atoms with E-state index in [1.807, 2.05) is 71.6 Å². The van der Waals surface area contributed by atoms with Crippen LogP contribution in [0.1, 0.15) is 42.9 Å². The van der Waals surface area contributed by atoms with Crippen LogP contribution in [0.15, 0.2) is 66.7 Å². The van der Waals surface area contributed by atoms with Gasteiger partial charge in [-0.15, -0.1) is 12.4 Å². The Bertz CT molecular complexity index is 827. The van der Waals surface area contributed by atoms with Gasteiger partial charge in [-0.05, 0) is 43.0 Å². The van der Waals surface area contributed by atoms with Crippen molar-refractivity contribution in [2.75, 3.05) is 26.2 Å². The highest BCUT2D eigenvalue weighted by molar-refractivity contribution is 5.91. The number of halogens is 1. The zero-order valence-corrected chi connectivity index (χ0v) is 18.7. The Labute approximate surface area is 191 Å². The molecule has 1 heterocycles. The van der Waals surface area contributed by atoms with E-state index in [1.165, 1.54) is 0 Å². The molecule has 0 radical (unpaired) electrons. The van der Waals surface area contributed by atoms with E-state index in [0.29, 0.717) is 26.1 Å². The second kappa shape index (κ2) is 13.6. The maximum absolute atomic E-state index is 12.7. The van der Waals surface area contributed by atoms with E-state index in [2.05, 4.69) is 10.6 Å². The minimum atomic E-state index is -0.0194. The van der Waals surface area contributed by atoms with Crippen molar-refractivity contribution in [3.8, 4) is 0 Å². The average Bonchev–Trinajstić information content (AvgIpc) is 2.80. The van der Waals surface area contributed by atoms with Gasteiger partial charge in [0.15, 0.2) is 0 Å². The first-order chi connectivity index (χ1) is 14.7. The maximum atomic E-state index is 12.7. The zero-order chi connectivity index (χ0) is 21.0. The lowest BCUT2D eigenvalue weighted by molar-refractivity contribution is -0.126. The number of carbonyl (C=O) groups is 2. The highest BCUT2D eigenvalue weighted by Gasteiger charge is 2.17. The number of amides is 2. The second-order valence-electron chi connectivity index (χ2n) is 7.60. The van der Waals surface area contributed by atoms with Gasteiger partial charge in [-0.2, -0.15) is 0 Å². The van der Waals surface area contributed by atoms with E-state index < -0.39 is 0 Å². The van der Waals surface area contributed by atoms with Gasteiger partial charge in [-0.3, -0.25) is 9.59 Å². The van der Waals surface area contributed by atoms with Crippen molar-refractivity contribution in [2.24, 2.45) is 0 Å². The molecule has 2 N–H and O–H groups in total. The Morgan fingerprint density at radius 3 is 2.32 bits per heavy atom. The van der Waals surface area contributed by atoms with Crippen LogP contribution in [0.25, 0.3) is 6.08 Å². The van der Waals surface area contributed by atoms with Crippen molar-refractivity contribution in [3.63, 3.8) is 0 Å². The zero-order valence-electron chi connectivity index (χ0n) is 17.8. The van der Waals surface area contributed by atoms with E-state index in [-0.39, 0.29) is 30.3 Å². The van der Waals surface area contributed by atoms with Crippen LogP contribution < -0.4 is 10.6 Å². The molecule has 1 saturated heterocycles. The summed E-state index contributed by atoms with van der Waals surface area (Å²) in [6.45, 7) is 2.80. The predicted molar refractivity (Wildman–Crippen MR) is 128 cm³/mol. The number of nitrogens with one attached hydrogen (secondary N) is 2. The molecule has 1 unspecified atom stereocenters. The SMILES string of the molecule is Cl.O=C1CC(c2ccccc2)NCCCN(C(=O)C=Cc2ccccc2)CCCCN1. The molecule has 1 aliphatic rings. The van der Waals surface area contributed by atoms with Crippen LogP contribution in [0.2, 0.25) is 0 Å². The standard InChI is InChI=1S/C25H31N3O2.ClH/c29-24-20-23(22-12-5-2-6-13-22)26-17-9-19-28(18-8-7-16-27-24)25(30)15-14-21-10-3-1-4-11-21;/h1-6,10-15,23,26H,7-9,16-20H2,(H,27,29);1H. The first kappa shape index (κ1) is 24.6. The molecule has 2 aromatic rings. The summed E-state index contributed by atoms with van der Waals surface area (Å²) in [6.07, 6.45) is 6.53. The monoisotopic (exact) mass is 441 g/mol. The number of benzene rings is 2. The van der Waals surface area contributed by atoms with Crippen LogP contribution in [-0.2, 0) is 9.59 Å². The summed E-state index contributed by atoms with van der Waals surface area (Å²) < 4.78 is 0. The fraction of sp³-hybridized carbons (Fsp3) is 0.360. The highest BCUT2D eigenvalue weighted by atomic mass is 35.5. The van der Waals surface area contributed by atoms with Crippen molar-refractivity contribution in [2.45, 2.75) is 31.7 Å². The summed E-state index contributed by atoms with van der Waals surface area (Å²) in [5.74, 6) is 0.103. The molecule has 0 bridgehead atoms. The number of carbonyl (C=O) groups excluding carboxylic acids is 2. The molecule has 1 fully saturated rings. The molecule has 5 nitrogen and oxygen atoms in total. The van der Waals surface area contributed by atoms with Crippen molar-refractivity contribution in [3.05, 3.63) is 77.9 Å². The molecule has 1 aliphatic heterocycles. The van der Waals surface area contributed by atoms with E-state index in [1.54, 1.807) is 6.08 Å². The third-order valence-electron chi connectivity index (χ3n) is 5.29. The second-order valence-corrected chi connectivity index (χ2v) is 7.60. The Morgan fingerprint density at radius 1 is 0.903 bits per heavy atom. The number of rotatable bonds is 3. The van der Waals surface area contributed by atoms with Gasteiger partial charge < -0.3 is 15.5 Å². The van der Waals surface area contributed by atoms with Gasteiger partial charge in [0, 0.05) is 38.2 Å². The van der Waals surface area contributed by atoms with Crippen LogP contribution in [0.3, 0.4) is 0 Å². The Morgan fingerprint density at radius 2 is 1.58 bits per heavy atom. The fourth-order valence-corrected chi connectivity index (χ4v) is 3.62. The third kappa shape index (κ3) is 8.56. The largest absolute Gasteiger partial charge is 0.356 e. The van der Waals surface area contributed by atoms with Crippen molar-refractivity contribution in [1.82, 2.24) is 15.5 Å². The van der Waals surface area contributed by atoms with Crippen LogP contribution >= 0.6 is 12.4 Å². The predicted octanol–water partition coefficient (Wildman–Crippen LogP) is 3.97. The Balaban J connectivity index is 0.00000341. The molecule has 166 valence electrons. The molecule has 0 aromatic heterocycles. The molecule has 0 spiro atoms. The number of nitrogens with zero attached hydrogens (tertiary/aromatic N) is 1. The lowest BCUT2D eigenvalue weighted by Gasteiger charge is -2.22. The van der Waals surface area contributed by atoms with Gasteiger partial charge in [0.1, 0.15) is 0 Å². The van der Waals surface area contributed by atoms with Crippen LogP contribution in [-0.4, -0.2) is 42.9 Å². The molecule has 0 saturated carbocycles. The van der Waals surface area contributed by atoms with Gasteiger partial charge in [0.2, 0.25) is 11.8 Å². The number of hydrogen-bond acceptors (Lipinski definition) is 3. The van der Waals surface area contributed by atoms with Crippen LogP contribution in [0, 0.1) is 0 Å². The minimum absolute atomic E-state index is 0. The summed E-state index contributed by atoms with van der Waals surface area (Å²) in [6, 6.07) is 19.9. The summed E-state index contributed by atoms with van der Waals surface area (Å²) in [5.41, 5.74) is 2.13. The van der Waals surface area contributed by atoms with Crippen molar-refractivity contribution < 1.29 is 9.59 Å². The average molecular weight is 442 g/mol. The van der Waals surface area contributed by atoms with Crippen molar-refractivity contribution >= 4 is 30.3 Å². The van der Waals surface area contributed by atoms with Gasteiger partial charge >= 0.3 is 0 Å². The quantitative estimate of drug-likeness (QED) is 0.708. The molecule has 1 atom stereocenters. The molecule has 2 amide bonds. The fourth-order valence-electron chi connectivity index (χ4n) is 3.62. The van der Waals surface area contributed by atoms with Crippen LogP contribution in [0.4, 0.5) is 0 Å². The van der Waals surface area contributed by atoms with E-state index in [0.717, 1.165) is 36.9 Å². The van der Waals surface area contributed by atoms with E-state index in [4.69, 9.17) is 0 Å². The van der Waals surface area contributed by atoms with Gasteiger partial charge in [0.05, 0.1) is 0 Å². The maximum Gasteiger partial charge on any atom is 0.246 e. The summed E-state index contributed by atoms with van der Waals surface area (Å²) in [4.78, 5) is 27.0. The molecule has 3 rings (SSSR count).